The molecule has 0 amide bonds. The second-order valence-electron chi connectivity index (χ2n) is 4.56. The van der Waals surface area contributed by atoms with Crippen LogP contribution >= 0.6 is 0 Å². The summed E-state index contributed by atoms with van der Waals surface area (Å²) in [5, 5.41) is 0. The molecule has 0 aliphatic heterocycles. The Morgan fingerprint density at radius 2 is 1.90 bits per heavy atom. The molecule has 6 heteroatoms. The van der Waals surface area contributed by atoms with Gasteiger partial charge in [-0.1, -0.05) is 31.2 Å². The highest BCUT2D eigenvalue weighted by atomic mass is 32.2. The van der Waals surface area contributed by atoms with Gasteiger partial charge >= 0.3 is 0 Å². The van der Waals surface area contributed by atoms with Crippen molar-refractivity contribution in [1.82, 2.24) is 4.31 Å². The molecule has 0 radical (unpaired) electrons. The van der Waals surface area contributed by atoms with Gasteiger partial charge in [0, 0.05) is 33.4 Å². The van der Waals surface area contributed by atoms with Crippen LogP contribution in [0.2, 0.25) is 0 Å². The lowest BCUT2D eigenvalue weighted by Crippen LogP contribution is -2.33. The van der Waals surface area contributed by atoms with Gasteiger partial charge in [-0.3, -0.25) is 0 Å². The molecule has 0 spiro atoms. The Balaban J connectivity index is 2.80. The van der Waals surface area contributed by atoms with Crippen molar-refractivity contribution in [3.8, 4) is 0 Å². The first-order chi connectivity index (χ1) is 9.55. The molecule has 1 rings (SSSR count). The van der Waals surface area contributed by atoms with Gasteiger partial charge < -0.3 is 10.5 Å². The molecule has 0 saturated carbocycles. The number of nitrogens with two attached hydrogens (primary N) is 1. The largest absolute Gasteiger partial charge is 0.385 e. The zero-order chi connectivity index (χ0) is 15.0. The summed E-state index contributed by atoms with van der Waals surface area (Å²) in [6, 6.07) is 7.67. The zero-order valence-corrected chi connectivity index (χ0v) is 13.0. The van der Waals surface area contributed by atoms with Crippen LogP contribution in [-0.4, -0.2) is 38.7 Å². The number of hydrogen-bond acceptors (Lipinski definition) is 4. The third-order valence-electron chi connectivity index (χ3n) is 3.18. The lowest BCUT2D eigenvalue weighted by atomic mass is 10.1. The van der Waals surface area contributed by atoms with E-state index in [9.17, 15) is 8.42 Å². The highest BCUT2D eigenvalue weighted by Gasteiger charge is 2.20. The Bertz CT molecular complexity index is 503. The summed E-state index contributed by atoms with van der Waals surface area (Å²) >= 11 is 0. The second-order valence-corrected chi connectivity index (χ2v) is 6.65. The van der Waals surface area contributed by atoms with Crippen LogP contribution < -0.4 is 5.73 Å². The molecule has 0 unspecified atom stereocenters. The Morgan fingerprint density at radius 1 is 1.25 bits per heavy atom. The molecule has 0 bridgehead atoms. The number of ether oxygens (including phenoxy) is 1. The lowest BCUT2D eigenvalue weighted by Gasteiger charge is -2.21. The molecule has 1 aromatic rings. The average molecular weight is 300 g/mol. The smallest absolute Gasteiger partial charge is 0.214 e. The predicted octanol–water partition coefficient (Wildman–Crippen LogP) is 1.33. The number of benzene rings is 1. The van der Waals surface area contributed by atoms with Gasteiger partial charge in [0.05, 0.1) is 5.75 Å². The van der Waals surface area contributed by atoms with Crippen molar-refractivity contribution < 1.29 is 13.2 Å². The van der Waals surface area contributed by atoms with Crippen molar-refractivity contribution in [1.29, 1.82) is 0 Å². The van der Waals surface area contributed by atoms with Gasteiger partial charge in [0.15, 0.2) is 0 Å². The first-order valence-corrected chi connectivity index (χ1v) is 8.39. The third kappa shape index (κ3) is 4.86. The maximum atomic E-state index is 12.3. The Morgan fingerprint density at radius 3 is 2.45 bits per heavy atom. The molecule has 0 aromatic heterocycles. The molecule has 114 valence electrons. The average Bonchev–Trinajstić information content (AvgIpc) is 2.45. The summed E-state index contributed by atoms with van der Waals surface area (Å²) in [7, 11) is -1.68. The lowest BCUT2D eigenvalue weighted by molar-refractivity contribution is 0.199. The Labute approximate surface area is 121 Å². The van der Waals surface area contributed by atoms with E-state index in [4.69, 9.17) is 10.5 Å². The van der Waals surface area contributed by atoms with E-state index >= 15 is 0 Å². The van der Waals surface area contributed by atoms with E-state index in [0.29, 0.717) is 32.7 Å². The van der Waals surface area contributed by atoms with Crippen LogP contribution in [0.4, 0.5) is 0 Å². The molecule has 1 aromatic carbocycles. The van der Waals surface area contributed by atoms with E-state index in [2.05, 4.69) is 0 Å². The molecular formula is C14H24N2O3S. The highest BCUT2D eigenvalue weighted by Crippen LogP contribution is 2.14. The van der Waals surface area contributed by atoms with E-state index in [1.807, 2.05) is 31.2 Å². The summed E-state index contributed by atoms with van der Waals surface area (Å²) in [4.78, 5) is 0. The summed E-state index contributed by atoms with van der Waals surface area (Å²) in [5.74, 6) is 0.111. The molecule has 0 fully saturated rings. The molecule has 5 nitrogen and oxygen atoms in total. The number of hydrogen-bond donors (Lipinski definition) is 1. The van der Waals surface area contributed by atoms with Crippen LogP contribution in [0.25, 0.3) is 0 Å². The predicted molar refractivity (Wildman–Crippen MR) is 80.7 cm³/mol. The summed E-state index contributed by atoms with van der Waals surface area (Å²) < 4.78 is 31.0. The fourth-order valence-corrected chi connectivity index (χ4v) is 3.49. The van der Waals surface area contributed by atoms with Gasteiger partial charge in [0.25, 0.3) is 0 Å². The van der Waals surface area contributed by atoms with Crippen molar-refractivity contribution in [3.05, 3.63) is 35.4 Å². The minimum Gasteiger partial charge on any atom is -0.385 e. The van der Waals surface area contributed by atoms with Crippen molar-refractivity contribution >= 4 is 10.0 Å². The van der Waals surface area contributed by atoms with Gasteiger partial charge in [-0.05, 0) is 17.5 Å². The van der Waals surface area contributed by atoms with Crippen LogP contribution in [0, 0.1) is 0 Å². The summed E-state index contributed by atoms with van der Waals surface area (Å²) in [5.41, 5.74) is 7.64. The topological polar surface area (TPSA) is 72.6 Å². The fraction of sp³-hybridized carbons (Fsp3) is 0.571. The van der Waals surface area contributed by atoms with Gasteiger partial charge in [-0.25, -0.2) is 8.42 Å². The fourth-order valence-electron chi connectivity index (χ4n) is 2.02. The number of nitrogens with zero attached hydrogens (tertiary/aromatic N) is 1. The Kier molecular flexibility index (Phi) is 7.15. The molecular weight excluding hydrogens is 276 g/mol. The number of methoxy groups -OCH3 is 1. The third-order valence-corrected chi connectivity index (χ3v) is 5.16. The zero-order valence-electron chi connectivity index (χ0n) is 12.2. The Hall–Kier alpha value is -0.950. The summed E-state index contributed by atoms with van der Waals surface area (Å²) in [6.45, 7) is 3.54. The molecule has 0 heterocycles. The number of sulfonamides is 1. The number of rotatable bonds is 9. The molecule has 0 atom stereocenters. The van der Waals surface area contributed by atoms with Crippen LogP contribution in [0.3, 0.4) is 0 Å². The minimum absolute atomic E-state index is 0.111. The second kappa shape index (κ2) is 8.36. The van der Waals surface area contributed by atoms with Crippen LogP contribution in [0.15, 0.2) is 24.3 Å². The van der Waals surface area contributed by atoms with Gasteiger partial charge in [0.2, 0.25) is 10.0 Å². The van der Waals surface area contributed by atoms with Crippen LogP contribution in [0.5, 0.6) is 0 Å². The molecule has 20 heavy (non-hydrogen) atoms. The van der Waals surface area contributed by atoms with Gasteiger partial charge in [-0.15, -0.1) is 0 Å². The maximum Gasteiger partial charge on any atom is 0.214 e. The highest BCUT2D eigenvalue weighted by molar-refractivity contribution is 7.89. The SMILES string of the molecule is CCN(Cc1ccccc1CN)S(=O)(=O)CCCOC. The van der Waals surface area contributed by atoms with Gasteiger partial charge in [0.1, 0.15) is 0 Å². The summed E-state index contributed by atoms with van der Waals surface area (Å²) in [6.07, 6.45) is 0.508. The minimum atomic E-state index is -3.26. The van der Waals surface area contributed by atoms with Gasteiger partial charge in [-0.2, -0.15) is 4.31 Å². The van der Waals surface area contributed by atoms with E-state index in [1.54, 1.807) is 7.11 Å². The van der Waals surface area contributed by atoms with E-state index in [0.717, 1.165) is 11.1 Å². The molecule has 0 aliphatic carbocycles. The van der Waals surface area contributed by atoms with Crippen LogP contribution in [-0.2, 0) is 27.8 Å². The van der Waals surface area contributed by atoms with Crippen molar-refractivity contribution in [2.75, 3.05) is 26.0 Å². The van der Waals surface area contributed by atoms with Crippen molar-refractivity contribution in [3.63, 3.8) is 0 Å². The van der Waals surface area contributed by atoms with E-state index < -0.39 is 10.0 Å². The molecule has 0 aliphatic rings. The molecule has 0 saturated heterocycles. The first kappa shape index (κ1) is 17.1. The first-order valence-electron chi connectivity index (χ1n) is 6.78. The van der Waals surface area contributed by atoms with Crippen molar-refractivity contribution in [2.24, 2.45) is 5.73 Å². The quantitative estimate of drug-likeness (QED) is 0.698. The normalized spacial score (nSPS) is 12.0. The monoisotopic (exact) mass is 300 g/mol. The molecule has 2 N–H and O–H groups in total. The van der Waals surface area contributed by atoms with E-state index in [1.165, 1.54) is 4.31 Å². The van der Waals surface area contributed by atoms with Crippen molar-refractivity contribution in [2.45, 2.75) is 26.4 Å². The standard InChI is InChI=1S/C14H24N2O3S/c1-3-16(20(17,18)10-6-9-19-2)12-14-8-5-4-7-13(14)11-15/h4-5,7-8H,3,6,9-12,15H2,1-2H3. The maximum absolute atomic E-state index is 12.3. The van der Waals surface area contributed by atoms with E-state index in [-0.39, 0.29) is 5.75 Å². The van der Waals surface area contributed by atoms with Crippen LogP contribution in [0.1, 0.15) is 24.5 Å².